The van der Waals surface area contributed by atoms with Gasteiger partial charge in [-0.1, -0.05) is 24.6 Å². The maximum Gasteiger partial charge on any atom is 0.227 e. The highest BCUT2D eigenvalue weighted by atomic mass is 19.1. The molecule has 0 atom stereocenters. The van der Waals surface area contributed by atoms with Crippen molar-refractivity contribution in [2.24, 2.45) is 5.92 Å². The lowest BCUT2D eigenvalue weighted by Gasteiger charge is -2.24. The van der Waals surface area contributed by atoms with Crippen LogP contribution in [0.3, 0.4) is 0 Å². The van der Waals surface area contributed by atoms with Crippen LogP contribution in [0.15, 0.2) is 73.3 Å². The standard InChI is InChI=1S/C29H22FN7O/c30-20-6-2-5-18(9-20)23-14-32-15-25-26(23)35-28(34-25)27-22-11-17(7-8-24(22)36-37-27)19-10-21(13-31-12-19)33-29(38)16-3-1-4-16/h2,5-16H,1,3-4H2,(H,33,38)(H,34,35)(H,36,37). The first kappa shape index (κ1) is 22.3. The number of halogens is 1. The molecule has 1 saturated carbocycles. The number of amides is 1. The highest BCUT2D eigenvalue weighted by Crippen LogP contribution is 2.33. The summed E-state index contributed by atoms with van der Waals surface area (Å²) in [5.41, 5.74) is 6.87. The number of fused-ring (bicyclic) bond motifs is 2. The van der Waals surface area contributed by atoms with Crippen LogP contribution in [0.2, 0.25) is 0 Å². The third-order valence-corrected chi connectivity index (χ3v) is 7.13. The van der Waals surface area contributed by atoms with Gasteiger partial charge in [0.1, 0.15) is 11.5 Å². The highest BCUT2D eigenvalue weighted by Gasteiger charge is 2.25. The molecule has 6 aromatic rings. The summed E-state index contributed by atoms with van der Waals surface area (Å²) in [6, 6.07) is 14.3. The van der Waals surface area contributed by atoms with Gasteiger partial charge in [-0.15, -0.1) is 0 Å². The maximum absolute atomic E-state index is 13.9. The van der Waals surface area contributed by atoms with Gasteiger partial charge in [-0.25, -0.2) is 9.37 Å². The number of anilines is 1. The Morgan fingerprint density at radius 3 is 2.66 bits per heavy atom. The van der Waals surface area contributed by atoms with Gasteiger partial charge in [0.25, 0.3) is 0 Å². The van der Waals surface area contributed by atoms with Gasteiger partial charge >= 0.3 is 0 Å². The predicted molar refractivity (Wildman–Crippen MR) is 144 cm³/mol. The molecule has 8 nitrogen and oxygen atoms in total. The number of benzene rings is 2. The molecular formula is C29H22FN7O. The second-order valence-electron chi connectivity index (χ2n) is 9.59. The third kappa shape index (κ3) is 3.88. The number of hydrogen-bond donors (Lipinski definition) is 3. The van der Waals surface area contributed by atoms with Gasteiger partial charge in [0.05, 0.1) is 34.6 Å². The van der Waals surface area contributed by atoms with E-state index in [1.165, 1.54) is 12.1 Å². The molecule has 0 aliphatic heterocycles. The summed E-state index contributed by atoms with van der Waals surface area (Å²) < 4.78 is 13.9. The van der Waals surface area contributed by atoms with Crippen LogP contribution in [0.5, 0.6) is 0 Å². The van der Waals surface area contributed by atoms with E-state index in [0.717, 1.165) is 52.4 Å². The zero-order valence-corrected chi connectivity index (χ0v) is 20.2. The van der Waals surface area contributed by atoms with Crippen molar-refractivity contribution in [2.45, 2.75) is 19.3 Å². The quantitative estimate of drug-likeness (QED) is 0.263. The number of nitrogens with zero attached hydrogens (tertiary/aromatic N) is 4. The van der Waals surface area contributed by atoms with Crippen molar-refractivity contribution >= 4 is 33.5 Å². The summed E-state index contributed by atoms with van der Waals surface area (Å²) in [6.07, 6.45) is 9.83. The van der Waals surface area contributed by atoms with Gasteiger partial charge < -0.3 is 10.3 Å². The zero-order chi connectivity index (χ0) is 25.6. The third-order valence-electron chi connectivity index (χ3n) is 7.13. The fourth-order valence-electron chi connectivity index (χ4n) is 4.87. The molecule has 0 unspecified atom stereocenters. The second kappa shape index (κ2) is 8.88. The van der Waals surface area contributed by atoms with Crippen LogP contribution in [-0.4, -0.2) is 36.0 Å². The smallest absolute Gasteiger partial charge is 0.227 e. The van der Waals surface area contributed by atoms with Gasteiger partial charge in [0, 0.05) is 34.8 Å². The average Bonchev–Trinajstić information content (AvgIpc) is 3.51. The van der Waals surface area contributed by atoms with E-state index in [4.69, 9.17) is 4.98 Å². The molecule has 0 bridgehead atoms. The Morgan fingerprint density at radius 2 is 1.82 bits per heavy atom. The van der Waals surface area contributed by atoms with Crippen molar-refractivity contribution < 1.29 is 9.18 Å². The SMILES string of the molecule is O=C(Nc1cncc(-c2ccc3[nH]nc(-c4nc5c(-c6cccc(F)c6)cncc5[nH]4)c3c2)c1)C1CCC1. The average molecular weight is 504 g/mol. The van der Waals surface area contributed by atoms with Crippen molar-refractivity contribution in [3.8, 4) is 33.8 Å². The fraction of sp³-hybridized carbons (Fsp3) is 0.138. The molecule has 1 aliphatic carbocycles. The van der Waals surface area contributed by atoms with Crippen molar-refractivity contribution in [1.82, 2.24) is 30.1 Å². The summed E-state index contributed by atoms with van der Waals surface area (Å²) in [6.45, 7) is 0. The number of imidazole rings is 1. The number of aromatic nitrogens is 6. The van der Waals surface area contributed by atoms with Crippen LogP contribution in [0.25, 0.3) is 55.7 Å². The normalized spacial score (nSPS) is 13.6. The lowest BCUT2D eigenvalue weighted by molar-refractivity contribution is -0.122. The Hall–Kier alpha value is -4.92. The zero-order valence-electron chi connectivity index (χ0n) is 20.2. The topological polar surface area (TPSA) is 112 Å². The van der Waals surface area contributed by atoms with E-state index in [9.17, 15) is 9.18 Å². The van der Waals surface area contributed by atoms with Crippen molar-refractivity contribution in [2.75, 3.05) is 5.32 Å². The summed E-state index contributed by atoms with van der Waals surface area (Å²) in [7, 11) is 0. The first-order chi connectivity index (χ1) is 18.6. The molecule has 0 spiro atoms. The van der Waals surface area contributed by atoms with Gasteiger partial charge in [-0.2, -0.15) is 5.10 Å². The van der Waals surface area contributed by atoms with Crippen LogP contribution in [0, 0.1) is 11.7 Å². The van der Waals surface area contributed by atoms with E-state index in [0.29, 0.717) is 28.3 Å². The number of aromatic amines is 2. The Morgan fingerprint density at radius 1 is 0.921 bits per heavy atom. The molecule has 38 heavy (non-hydrogen) atoms. The molecule has 1 amide bonds. The first-order valence-electron chi connectivity index (χ1n) is 12.5. The molecule has 186 valence electrons. The molecule has 2 aromatic carbocycles. The maximum atomic E-state index is 13.9. The first-order valence-corrected chi connectivity index (χ1v) is 12.5. The monoisotopic (exact) mass is 503 g/mol. The van der Waals surface area contributed by atoms with Crippen LogP contribution >= 0.6 is 0 Å². The van der Waals surface area contributed by atoms with E-state index in [1.54, 1.807) is 30.9 Å². The van der Waals surface area contributed by atoms with E-state index in [-0.39, 0.29) is 17.6 Å². The van der Waals surface area contributed by atoms with Crippen molar-refractivity contribution in [3.63, 3.8) is 0 Å². The minimum atomic E-state index is -0.317. The van der Waals surface area contributed by atoms with Gasteiger partial charge in [-0.3, -0.25) is 19.9 Å². The number of H-pyrrole nitrogens is 2. The fourth-order valence-corrected chi connectivity index (χ4v) is 4.87. The second-order valence-corrected chi connectivity index (χ2v) is 9.59. The summed E-state index contributed by atoms with van der Waals surface area (Å²) in [5, 5.41) is 11.5. The van der Waals surface area contributed by atoms with Crippen LogP contribution in [0.1, 0.15) is 19.3 Å². The van der Waals surface area contributed by atoms with Crippen LogP contribution in [0.4, 0.5) is 10.1 Å². The molecule has 3 N–H and O–H groups in total. The van der Waals surface area contributed by atoms with Crippen LogP contribution < -0.4 is 5.32 Å². The molecule has 7 rings (SSSR count). The molecule has 4 aromatic heterocycles. The van der Waals surface area contributed by atoms with Gasteiger partial charge in [0.2, 0.25) is 5.91 Å². The van der Waals surface area contributed by atoms with E-state index in [1.807, 2.05) is 30.3 Å². The van der Waals surface area contributed by atoms with Crippen molar-refractivity contribution in [3.05, 3.63) is 79.1 Å². The summed E-state index contributed by atoms with van der Waals surface area (Å²) >= 11 is 0. The number of carbonyl (C=O) groups excluding carboxylic acids is 1. The summed E-state index contributed by atoms with van der Waals surface area (Å²) in [5.74, 6) is 0.416. The number of nitrogens with one attached hydrogen (secondary N) is 3. The Kier molecular flexibility index (Phi) is 5.21. The van der Waals surface area contributed by atoms with E-state index in [2.05, 4.69) is 30.5 Å². The molecular weight excluding hydrogens is 481 g/mol. The molecule has 1 aliphatic rings. The Labute approximate surface area is 216 Å². The van der Waals surface area contributed by atoms with Gasteiger partial charge in [0.15, 0.2) is 5.82 Å². The molecule has 1 fully saturated rings. The lowest BCUT2D eigenvalue weighted by Crippen LogP contribution is -2.28. The number of carbonyl (C=O) groups is 1. The van der Waals surface area contributed by atoms with Crippen LogP contribution in [-0.2, 0) is 4.79 Å². The predicted octanol–water partition coefficient (Wildman–Crippen LogP) is 6.11. The van der Waals surface area contributed by atoms with E-state index >= 15 is 0 Å². The molecule has 0 saturated heterocycles. The van der Waals surface area contributed by atoms with Crippen molar-refractivity contribution in [1.29, 1.82) is 0 Å². The molecule has 9 heteroatoms. The minimum absolute atomic E-state index is 0.0553. The number of pyridine rings is 2. The number of rotatable bonds is 5. The summed E-state index contributed by atoms with van der Waals surface area (Å²) in [4.78, 5) is 29.2. The lowest BCUT2D eigenvalue weighted by atomic mass is 9.85. The van der Waals surface area contributed by atoms with Gasteiger partial charge in [-0.05, 0) is 54.3 Å². The largest absolute Gasteiger partial charge is 0.335 e. The molecule has 4 heterocycles. The molecule has 0 radical (unpaired) electrons. The van der Waals surface area contributed by atoms with E-state index < -0.39 is 0 Å². The minimum Gasteiger partial charge on any atom is -0.335 e. The number of hydrogen-bond acceptors (Lipinski definition) is 5. The Bertz CT molecular complexity index is 1840. The Balaban J connectivity index is 1.26. The highest BCUT2D eigenvalue weighted by molar-refractivity contribution is 5.98.